The Kier molecular flexibility index (Phi) is 3.48. The maximum absolute atomic E-state index is 14.2. The van der Waals surface area contributed by atoms with Crippen molar-refractivity contribution in [3.63, 3.8) is 0 Å². The molecule has 1 atom stereocenters. The average Bonchev–Trinajstić information content (AvgIpc) is 2.51. The average molecular weight is 321 g/mol. The van der Waals surface area contributed by atoms with Gasteiger partial charge in [0.15, 0.2) is 5.67 Å². The summed E-state index contributed by atoms with van der Waals surface area (Å²) in [4.78, 5) is 21.9. The molecule has 1 aromatic rings. The molecule has 3 aliphatic rings. The Morgan fingerprint density at radius 1 is 1.39 bits per heavy atom. The number of alkyl halides is 1. The molecule has 1 amide bonds. The van der Waals surface area contributed by atoms with E-state index in [1.165, 1.54) is 0 Å². The summed E-state index contributed by atoms with van der Waals surface area (Å²) in [5.74, 6) is 0.133. The van der Waals surface area contributed by atoms with Gasteiger partial charge in [0.2, 0.25) is 5.88 Å². The van der Waals surface area contributed by atoms with E-state index in [1.54, 1.807) is 23.5 Å². The van der Waals surface area contributed by atoms with E-state index in [4.69, 9.17) is 9.47 Å². The van der Waals surface area contributed by atoms with E-state index in [2.05, 4.69) is 9.97 Å². The van der Waals surface area contributed by atoms with Crippen molar-refractivity contribution in [1.82, 2.24) is 14.9 Å². The number of hydrogen-bond acceptors (Lipinski definition) is 5. The van der Waals surface area contributed by atoms with Gasteiger partial charge < -0.3 is 14.4 Å². The highest BCUT2D eigenvalue weighted by Gasteiger charge is 2.55. The fourth-order valence-electron chi connectivity index (χ4n) is 3.60. The molecule has 1 aliphatic carbocycles. The third-order valence-electron chi connectivity index (χ3n) is 5.05. The minimum absolute atomic E-state index is 0.0132. The van der Waals surface area contributed by atoms with Crippen LogP contribution in [0.15, 0.2) is 18.6 Å². The molecule has 124 valence electrons. The Labute approximate surface area is 134 Å². The maximum Gasteiger partial charge on any atom is 0.260 e. The number of aromatic nitrogens is 2. The van der Waals surface area contributed by atoms with Crippen LogP contribution in [0.1, 0.15) is 32.1 Å². The van der Waals surface area contributed by atoms with E-state index >= 15 is 0 Å². The van der Waals surface area contributed by atoms with Gasteiger partial charge in [-0.05, 0) is 19.3 Å². The zero-order valence-corrected chi connectivity index (χ0v) is 12.9. The molecule has 6 nitrogen and oxygen atoms in total. The zero-order valence-electron chi connectivity index (χ0n) is 12.9. The van der Waals surface area contributed by atoms with Gasteiger partial charge in [-0.15, -0.1) is 0 Å². The van der Waals surface area contributed by atoms with Crippen LogP contribution in [0.5, 0.6) is 5.88 Å². The van der Waals surface area contributed by atoms with Crippen molar-refractivity contribution in [2.75, 3.05) is 19.7 Å². The van der Waals surface area contributed by atoms with E-state index < -0.39 is 5.67 Å². The van der Waals surface area contributed by atoms with Gasteiger partial charge in [0.05, 0.1) is 25.9 Å². The van der Waals surface area contributed by atoms with Crippen LogP contribution in [0, 0.1) is 0 Å². The number of halogens is 1. The van der Waals surface area contributed by atoms with E-state index in [0.717, 1.165) is 12.8 Å². The van der Waals surface area contributed by atoms with Crippen LogP contribution in [0.25, 0.3) is 0 Å². The molecule has 1 unspecified atom stereocenters. The SMILES string of the molecule is O=C(N1CC2(CC(Oc3cnccn3)CCO2)C1)C1(F)CCC1. The third kappa shape index (κ3) is 2.67. The summed E-state index contributed by atoms with van der Waals surface area (Å²) in [7, 11) is 0. The monoisotopic (exact) mass is 321 g/mol. The predicted molar refractivity (Wildman–Crippen MR) is 78.6 cm³/mol. The van der Waals surface area contributed by atoms with Gasteiger partial charge in [-0.3, -0.25) is 9.78 Å². The zero-order chi connectivity index (χ0) is 15.9. The predicted octanol–water partition coefficient (Wildman–Crippen LogP) is 1.51. The van der Waals surface area contributed by atoms with Crippen molar-refractivity contribution < 1.29 is 18.7 Å². The number of nitrogens with zero attached hydrogens (tertiary/aromatic N) is 3. The van der Waals surface area contributed by atoms with Crippen LogP contribution in [-0.4, -0.2) is 57.8 Å². The van der Waals surface area contributed by atoms with E-state index in [9.17, 15) is 9.18 Å². The number of likely N-dealkylation sites (tertiary alicyclic amines) is 1. The Morgan fingerprint density at radius 3 is 2.87 bits per heavy atom. The number of carbonyl (C=O) groups excluding carboxylic acids is 1. The maximum atomic E-state index is 14.2. The first-order valence-electron chi connectivity index (χ1n) is 8.14. The summed E-state index contributed by atoms with van der Waals surface area (Å²) in [5.41, 5.74) is -2.01. The standard InChI is InChI=1S/C16H20FN3O3/c17-16(3-1-4-16)14(21)20-10-15(11-20)8-12(2-7-22-15)23-13-9-18-5-6-19-13/h5-6,9,12H,1-4,7-8,10-11H2. The van der Waals surface area contributed by atoms with Crippen LogP contribution < -0.4 is 4.74 Å². The van der Waals surface area contributed by atoms with Crippen LogP contribution in [0.4, 0.5) is 4.39 Å². The lowest BCUT2D eigenvalue weighted by Gasteiger charge is -2.54. The highest BCUT2D eigenvalue weighted by molar-refractivity contribution is 5.87. The number of rotatable bonds is 3. The second kappa shape index (κ2) is 5.40. The van der Waals surface area contributed by atoms with Gasteiger partial charge in [0, 0.05) is 25.2 Å². The van der Waals surface area contributed by atoms with Gasteiger partial charge in [0.25, 0.3) is 5.91 Å². The van der Waals surface area contributed by atoms with Gasteiger partial charge in [0.1, 0.15) is 11.7 Å². The van der Waals surface area contributed by atoms with Crippen molar-refractivity contribution in [1.29, 1.82) is 0 Å². The molecule has 1 aromatic heterocycles. The first-order chi connectivity index (χ1) is 11.1. The molecule has 23 heavy (non-hydrogen) atoms. The Balaban J connectivity index is 1.34. The molecule has 1 saturated carbocycles. The van der Waals surface area contributed by atoms with Crippen molar-refractivity contribution in [2.45, 2.75) is 49.5 Å². The lowest BCUT2D eigenvalue weighted by Crippen LogP contribution is -2.70. The molecule has 0 bridgehead atoms. The largest absolute Gasteiger partial charge is 0.473 e. The molecule has 4 rings (SSSR count). The third-order valence-corrected chi connectivity index (χ3v) is 5.05. The fourth-order valence-corrected chi connectivity index (χ4v) is 3.60. The van der Waals surface area contributed by atoms with Gasteiger partial charge in [-0.2, -0.15) is 0 Å². The molecule has 1 spiro atoms. The molecule has 0 radical (unpaired) electrons. The molecule has 2 aliphatic heterocycles. The van der Waals surface area contributed by atoms with Crippen LogP contribution in [0.2, 0.25) is 0 Å². The smallest absolute Gasteiger partial charge is 0.260 e. The van der Waals surface area contributed by atoms with E-state index in [-0.39, 0.29) is 17.6 Å². The van der Waals surface area contributed by atoms with Gasteiger partial charge in [-0.25, -0.2) is 9.37 Å². The van der Waals surface area contributed by atoms with Crippen molar-refractivity contribution in [2.24, 2.45) is 0 Å². The van der Waals surface area contributed by atoms with Crippen LogP contribution in [0.3, 0.4) is 0 Å². The first kappa shape index (κ1) is 14.8. The van der Waals surface area contributed by atoms with Crippen LogP contribution >= 0.6 is 0 Å². The van der Waals surface area contributed by atoms with Gasteiger partial charge >= 0.3 is 0 Å². The Morgan fingerprint density at radius 2 is 2.22 bits per heavy atom. The summed E-state index contributed by atoms with van der Waals surface area (Å²) >= 11 is 0. The Hall–Kier alpha value is -1.76. The van der Waals surface area contributed by atoms with Crippen molar-refractivity contribution in [3.05, 3.63) is 18.6 Å². The van der Waals surface area contributed by atoms with E-state index in [1.807, 2.05) is 0 Å². The second-order valence-corrected chi connectivity index (χ2v) is 6.79. The van der Waals surface area contributed by atoms with Crippen molar-refractivity contribution >= 4 is 5.91 Å². The second-order valence-electron chi connectivity index (χ2n) is 6.79. The van der Waals surface area contributed by atoms with Crippen molar-refractivity contribution in [3.8, 4) is 5.88 Å². The number of amides is 1. The molecule has 0 aromatic carbocycles. The summed E-state index contributed by atoms with van der Waals surface area (Å²) in [5, 5.41) is 0. The van der Waals surface area contributed by atoms with Gasteiger partial charge in [-0.1, -0.05) is 0 Å². The molecule has 3 heterocycles. The highest BCUT2D eigenvalue weighted by Crippen LogP contribution is 2.42. The topological polar surface area (TPSA) is 64.6 Å². The first-order valence-corrected chi connectivity index (χ1v) is 8.14. The number of ether oxygens (including phenoxy) is 2. The summed E-state index contributed by atoms with van der Waals surface area (Å²) in [6.07, 6.45) is 7.73. The summed E-state index contributed by atoms with van der Waals surface area (Å²) in [6.45, 7) is 1.49. The molecular weight excluding hydrogens is 301 g/mol. The molecule has 7 heteroatoms. The number of carbonyl (C=O) groups is 1. The molecular formula is C16H20FN3O3. The molecule has 2 saturated heterocycles. The summed E-state index contributed by atoms with van der Waals surface area (Å²) < 4.78 is 26.0. The Bertz CT molecular complexity index is 587. The van der Waals surface area contributed by atoms with Crippen LogP contribution in [-0.2, 0) is 9.53 Å². The fraction of sp³-hybridized carbons (Fsp3) is 0.688. The highest BCUT2D eigenvalue weighted by atomic mass is 19.1. The lowest BCUT2D eigenvalue weighted by molar-refractivity contribution is -0.202. The summed E-state index contributed by atoms with van der Waals surface area (Å²) in [6, 6.07) is 0. The molecule has 0 N–H and O–H groups in total. The molecule has 3 fully saturated rings. The quantitative estimate of drug-likeness (QED) is 0.844. The van der Waals surface area contributed by atoms with E-state index in [0.29, 0.717) is 44.8 Å². The lowest BCUT2D eigenvalue weighted by atomic mass is 9.78. The minimum atomic E-state index is -1.62. The minimum Gasteiger partial charge on any atom is -0.473 e. The normalized spacial score (nSPS) is 27.9. The number of hydrogen-bond donors (Lipinski definition) is 0.